The van der Waals surface area contributed by atoms with Crippen LogP contribution in [-0.2, 0) is 11.3 Å². The Labute approximate surface area is 254 Å². The molecule has 0 unspecified atom stereocenters. The summed E-state index contributed by atoms with van der Waals surface area (Å²) in [5, 5.41) is 16.1. The molecule has 3 aromatic carbocycles. The second-order valence-corrected chi connectivity index (χ2v) is 11.3. The molecule has 5 rings (SSSR count). The number of piperidine rings is 1. The molecule has 3 amide bonds. The van der Waals surface area contributed by atoms with E-state index in [0.717, 1.165) is 100 Å². The number of anilines is 1. The summed E-state index contributed by atoms with van der Waals surface area (Å²) in [5.41, 5.74) is 3.64. The molecule has 3 N–H and O–H groups in total. The van der Waals surface area contributed by atoms with Gasteiger partial charge in [-0.1, -0.05) is 66.7 Å². The average Bonchev–Trinajstić information content (AvgIpc) is 3.38. The van der Waals surface area contributed by atoms with Crippen LogP contribution in [0.5, 0.6) is 5.75 Å². The van der Waals surface area contributed by atoms with Gasteiger partial charge in [0, 0.05) is 56.9 Å². The highest BCUT2D eigenvalue weighted by Gasteiger charge is 2.28. The summed E-state index contributed by atoms with van der Waals surface area (Å²) in [7, 11) is 0. The minimum atomic E-state index is -0.412. The van der Waals surface area contributed by atoms with E-state index < -0.39 is 6.09 Å². The predicted molar refractivity (Wildman–Crippen MR) is 169 cm³/mol. The normalized spacial score (nSPS) is 16.0. The zero-order valence-corrected chi connectivity index (χ0v) is 24.8. The monoisotopic (exact) mass is 585 g/mol. The van der Waals surface area contributed by atoms with E-state index in [9.17, 15) is 14.7 Å². The Balaban J connectivity index is 0.943. The van der Waals surface area contributed by atoms with Crippen molar-refractivity contribution in [1.29, 1.82) is 0 Å². The van der Waals surface area contributed by atoms with Crippen molar-refractivity contribution in [3.8, 4) is 16.9 Å². The van der Waals surface area contributed by atoms with Gasteiger partial charge in [0.2, 0.25) is 0 Å². The Hall–Kier alpha value is -4.08. The van der Waals surface area contributed by atoms with Crippen LogP contribution in [0.15, 0.2) is 78.9 Å². The number of likely N-dealkylation sites (tertiary alicyclic amines) is 1. The molecule has 0 spiro atoms. The first kappa shape index (κ1) is 30.4. The topological polar surface area (TPSA) is 97.4 Å². The SMILES string of the molecule is O=C(Nc1ccccc1-c1ccccc1)OC1CCN(CCCN2CCN(CCCNCc3ccccc3O)C2=O)CC1. The van der Waals surface area contributed by atoms with Crippen LogP contribution in [0.25, 0.3) is 11.1 Å². The Kier molecular flexibility index (Phi) is 10.9. The third kappa shape index (κ3) is 8.72. The van der Waals surface area contributed by atoms with E-state index in [4.69, 9.17) is 4.74 Å². The van der Waals surface area contributed by atoms with Crippen LogP contribution < -0.4 is 10.6 Å². The van der Waals surface area contributed by atoms with E-state index >= 15 is 0 Å². The van der Waals surface area contributed by atoms with Gasteiger partial charge in [-0.05, 0) is 56.5 Å². The summed E-state index contributed by atoms with van der Waals surface area (Å²) in [6, 6.07) is 25.2. The molecule has 0 aromatic heterocycles. The number of amides is 3. The molecule has 228 valence electrons. The fourth-order valence-corrected chi connectivity index (χ4v) is 5.81. The van der Waals surface area contributed by atoms with Crippen molar-refractivity contribution in [3.63, 3.8) is 0 Å². The van der Waals surface area contributed by atoms with Crippen molar-refractivity contribution < 1.29 is 19.4 Å². The minimum Gasteiger partial charge on any atom is -0.508 e. The maximum absolute atomic E-state index is 12.8. The third-order valence-corrected chi connectivity index (χ3v) is 8.23. The molecular weight excluding hydrogens is 542 g/mol. The van der Waals surface area contributed by atoms with Crippen LogP contribution in [0.1, 0.15) is 31.2 Å². The van der Waals surface area contributed by atoms with Crippen molar-refractivity contribution in [2.75, 3.05) is 57.7 Å². The number of aromatic hydroxyl groups is 1. The van der Waals surface area contributed by atoms with Gasteiger partial charge in [0.1, 0.15) is 11.9 Å². The maximum atomic E-state index is 12.8. The van der Waals surface area contributed by atoms with Crippen molar-refractivity contribution in [2.24, 2.45) is 0 Å². The van der Waals surface area contributed by atoms with Gasteiger partial charge < -0.3 is 29.9 Å². The first-order valence-electron chi connectivity index (χ1n) is 15.4. The van der Waals surface area contributed by atoms with Gasteiger partial charge in [-0.15, -0.1) is 0 Å². The molecule has 0 bridgehead atoms. The van der Waals surface area contributed by atoms with Crippen molar-refractivity contribution >= 4 is 17.8 Å². The Bertz CT molecular complexity index is 1330. The summed E-state index contributed by atoms with van der Waals surface area (Å²) in [6.45, 7) is 7.17. The fourth-order valence-electron chi connectivity index (χ4n) is 5.81. The number of rotatable bonds is 13. The van der Waals surface area contributed by atoms with E-state index in [1.807, 2.05) is 82.6 Å². The van der Waals surface area contributed by atoms with Crippen LogP contribution in [0.4, 0.5) is 15.3 Å². The van der Waals surface area contributed by atoms with Crippen LogP contribution in [0.2, 0.25) is 0 Å². The fraction of sp³-hybridized carbons (Fsp3) is 0.412. The number of phenols is 1. The number of nitrogens with zero attached hydrogens (tertiary/aromatic N) is 3. The van der Waals surface area contributed by atoms with Gasteiger partial charge in [-0.3, -0.25) is 5.32 Å². The molecule has 43 heavy (non-hydrogen) atoms. The van der Waals surface area contributed by atoms with Gasteiger partial charge in [-0.2, -0.15) is 0 Å². The Morgan fingerprint density at radius 1 is 0.814 bits per heavy atom. The summed E-state index contributed by atoms with van der Waals surface area (Å²) < 4.78 is 5.77. The third-order valence-electron chi connectivity index (χ3n) is 8.23. The number of hydrogen-bond donors (Lipinski definition) is 3. The number of benzene rings is 3. The standard InChI is InChI=1S/C34H43N5O4/c40-32-15-7-4-12-28(32)26-35-18-8-20-38-24-25-39(34(38)42)21-9-19-37-22-16-29(17-23-37)43-33(41)36-31-14-6-5-13-30(31)27-10-2-1-3-11-27/h1-7,10-15,29,35,40H,8-9,16-26H2,(H,36,41). The quantitative estimate of drug-likeness (QED) is 0.233. The molecular formula is C34H43N5O4. The number of carbonyl (C=O) groups excluding carboxylic acids is 2. The van der Waals surface area contributed by atoms with Crippen molar-refractivity contribution in [1.82, 2.24) is 20.0 Å². The lowest BCUT2D eigenvalue weighted by molar-refractivity contribution is 0.0581. The van der Waals surface area contributed by atoms with Crippen molar-refractivity contribution in [3.05, 3.63) is 84.4 Å². The number of urea groups is 1. The molecule has 2 fully saturated rings. The Morgan fingerprint density at radius 3 is 2.26 bits per heavy atom. The average molecular weight is 586 g/mol. The summed E-state index contributed by atoms with van der Waals surface area (Å²) in [4.78, 5) is 31.8. The first-order valence-corrected chi connectivity index (χ1v) is 15.4. The van der Waals surface area contributed by atoms with E-state index in [0.29, 0.717) is 12.3 Å². The lowest BCUT2D eigenvalue weighted by Crippen LogP contribution is -2.40. The highest BCUT2D eigenvalue weighted by Crippen LogP contribution is 2.28. The molecule has 2 heterocycles. The van der Waals surface area contributed by atoms with Gasteiger partial charge in [0.25, 0.3) is 0 Å². The van der Waals surface area contributed by atoms with Gasteiger partial charge in [0.05, 0.1) is 5.69 Å². The number of nitrogens with one attached hydrogen (secondary N) is 2. The minimum absolute atomic E-state index is 0.0956. The number of carbonyl (C=O) groups is 2. The van der Waals surface area contributed by atoms with Gasteiger partial charge in [-0.25, -0.2) is 9.59 Å². The molecule has 9 heteroatoms. The van der Waals surface area contributed by atoms with E-state index in [2.05, 4.69) is 15.5 Å². The molecule has 2 aliphatic rings. The zero-order valence-electron chi connectivity index (χ0n) is 24.8. The second kappa shape index (κ2) is 15.4. The molecule has 9 nitrogen and oxygen atoms in total. The molecule has 0 saturated carbocycles. The van der Waals surface area contributed by atoms with Gasteiger partial charge >= 0.3 is 12.1 Å². The smallest absolute Gasteiger partial charge is 0.411 e. The summed E-state index contributed by atoms with van der Waals surface area (Å²) in [6.07, 6.45) is 2.92. The highest BCUT2D eigenvalue weighted by atomic mass is 16.6. The molecule has 0 atom stereocenters. The van der Waals surface area contributed by atoms with Gasteiger partial charge in [0.15, 0.2) is 0 Å². The number of para-hydroxylation sites is 2. The number of ether oxygens (including phenoxy) is 1. The lowest BCUT2D eigenvalue weighted by atomic mass is 10.0. The van der Waals surface area contributed by atoms with Crippen LogP contribution in [0.3, 0.4) is 0 Å². The number of hydrogen-bond acceptors (Lipinski definition) is 6. The molecule has 0 radical (unpaired) electrons. The number of phenolic OH excluding ortho intramolecular Hbond substituents is 1. The van der Waals surface area contributed by atoms with Crippen molar-refractivity contribution in [2.45, 2.75) is 38.3 Å². The highest BCUT2D eigenvalue weighted by molar-refractivity contribution is 5.91. The Morgan fingerprint density at radius 2 is 1.49 bits per heavy atom. The van der Waals surface area contributed by atoms with E-state index in [1.54, 1.807) is 6.07 Å². The van der Waals surface area contributed by atoms with E-state index in [1.165, 1.54) is 0 Å². The van der Waals surface area contributed by atoms with Crippen LogP contribution >= 0.6 is 0 Å². The maximum Gasteiger partial charge on any atom is 0.411 e. The molecule has 0 aliphatic carbocycles. The first-order chi connectivity index (χ1) is 21.1. The zero-order chi connectivity index (χ0) is 29.9. The predicted octanol–water partition coefficient (Wildman–Crippen LogP) is 5.38. The molecule has 2 aliphatic heterocycles. The lowest BCUT2D eigenvalue weighted by Gasteiger charge is -2.32. The largest absolute Gasteiger partial charge is 0.508 e. The molecule has 3 aromatic rings. The van der Waals surface area contributed by atoms with Crippen LogP contribution in [-0.4, -0.2) is 90.4 Å². The summed E-state index contributed by atoms with van der Waals surface area (Å²) >= 11 is 0. The van der Waals surface area contributed by atoms with E-state index in [-0.39, 0.29) is 12.1 Å². The second-order valence-electron chi connectivity index (χ2n) is 11.3. The molecule has 2 saturated heterocycles. The van der Waals surface area contributed by atoms with Crippen LogP contribution in [0, 0.1) is 0 Å². The summed E-state index contributed by atoms with van der Waals surface area (Å²) in [5.74, 6) is 0.308.